The zero-order chi connectivity index (χ0) is 20.3. The van der Waals surface area contributed by atoms with Crippen LogP contribution in [0.1, 0.15) is 5.56 Å². The van der Waals surface area contributed by atoms with E-state index in [4.69, 9.17) is 0 Å². The van der Waals surface area contributed by atoms with E-state index in [-0.39, 0.29) is 0 Å². The lowest BCUT2D eigenvalue weighted by molar-refractivity contribution is 0.331. The van der Waals surface area contributed by atoms with Crippen molar-refractivity contribution in [3.8, 4) is 11.5 Å². The summed E-state index contributed by atoms with van der Waals surface area (Å²) in [4.78, 5) is 12.8. The molecule has 152 valence electrons. The second-order valence-electron chi connectivity index (χ2n) is 7.27. The lowest BCUT2D eigenvalue weighted by Crippen LogP contribution is -2.47. The smallest absolute Gasteiger partial charge is 0.200 e. The molecule has 0 radical (unpaired) electrons. The number of pyridine rings is 2. The lowest BCUT2D eigenvalue weighted by Gasteiger charge is -2.27. The highest BCUT2D eigenvalue weighted by molar-refractivity contribution is 5.78. The monoisotopic (exact) mass is 404 g/mol. The minimum Gasteiger partial charge on any atom is -0.336 e. The molecule has 30 heavy (non-hydrogen) atoms. The second-order valence-corrected chi connectivity index (χ2v) is 7.27. The first-order valence-corrected chi connectivity index (χ1v) is 9.85. The molecule has 1 saturated heterocycles. The lowest BCUT2D eigenvalue weighted by atomic mass is 10.0. The second kappa shape index (κ2) is 8.13. The van der Waals surface area contributed by atoms with Gasteiger partial charge in [0.2, 0.25) is 5.82 Å². The fourth-order valence-electron chi connectivity index (χ4n) is 3.43. The molecule has 0 amide bonds. The van der Waals surface area contributed by atoms with Crippen LogP contribution in [0, 0.1) is 11.7 Å². The Morgan fingerprint density at radius 2 is 2.10 bits per heavy atom. The largest absolute Gasteiger partial charge is 0.336 e. The van der Waals surface area contributed by atoms with E-state index < -0.39 is 5.82 Å². The molecular weight excluding hydrogens is 383 g/mol. The van der Waals surface area contributed by atoms with Crippen LogP contribution in [-0.4, -0.2) is 44.2 Å². The van der Waals surface area contributed by atoms with Crippen molar-refractivity contribution in [2.24, 2.45) is 5.92 Å². The summed E-state index contributed by atoms with van der Waals surface area (Å²) in [5.41, 5.74) is 2.78. The Kier molecular flexibility index (Phi) is 5.04. The first-order chi connectivity index (χ1) is 14.8. The van der Waals surface area contributed by atoms with E-state index >= 15 is 0 Å². The molecule has 8 nitrogen and oxygen atoms in total. The number of fused-ring (bicyclic) bond motifs is 1. The molecule has 0 saturated carbocycles. The van der Waals surface area contributed by atoms with E-state index in [1.54, 1.807) is 16.8 Å². The summed E-state index contributed by atoms with van der Waals surface area (Å²) in [6.07, 6.45) is 6.29. The summed E-state index contributed by atoms with van der Waals surface area (Å²) in [7, 11) is 0. The number of halogens is 1. The van der Waals surface area contributed by atoms with Crippen molar-refractivity contribution in [2.45, 2.75) is 6.54 Å². The van der Waals surface area contributed by atoms with Gasteiger partial charge in [-0.25, -0.2) is 13.9 Å². The minimum atomic E-state index is -0.447. The van der Waals surface area contributed by atoms with Crippen LogP contribution in [0.25, 0.3) is 17.0 Å². The van der Waals surface area contributed by atoms with E-state index in [9.17, 15) is 4.39 Å². The van der Waals surface area contributed by atoms with Crippen molar-refractivity contribution in [1.29, 1.82) is 0 Å². The normalized spacial score (nSPS) is 14.0. The van der Waals surface area contributed by atoms with E-state index in [0.29, 0.717) is 35.5 Å². The summed E-state index contributed by atoms with van der Waals surface area (Å²) in [6, 6.07) is 9.15. The predicted molar refractivity (Wildman–Crippen MR) is 112 cm³/mol. The molecular formula is C21H21FN8. The van der Waals surface area contributed by atoms with Crippen LogP contribution in [0.3, 0.4) is 0 Å². The number of rotatable bonds is 7. The minimum absolute atomic E-state index is 0.304. The summed E-state index contributed by atoms with van der Waals surface area (Å²) in [5.74, 6) is 1.19. The highest BCUT2D eigenvalue weighted by atomic mass is 19.1. The Labute approximate surface area is 172 Å². The molecule has 1 fully saturated rings. The number of nitrogens with zero attached hydrogens (tertiary/aromatic N) is 5. The summed E-state index contributed by atoms with van der Waals surface area (Å²) in [6.45, 7) is 3.72. The molecule has 0 unspecified atom stereocenters. The average molecular weight is 404 g/mol. The van der Waals surface area contributed by atoms with Gasteiger partial charge < -0.3 is 16.0 Å². The fourth-order valence-corrected chi connectivity index (χ4v) is 3.43. The van der Waals surface area contributed by atoms with Gasteiger partial charge in [-0.1, -0.05) is 6.07 Å². The van der Waals surface area contributed by atoms with Crippen molar-refractivity contribution in [2.75, 3.05) is 25.0 Å². The van der Waals surface area contributed by atoms with Gasteiger partial charge in [0, 0.05) is 44.8 Å². The quantitative estimate of drug-likeness (QED) is 0.436. The fraction of sp³-hybridized carbons (Fsp3) is 0.238. The third-order valence-electron chi connectivity index (χ3n) is 5.13. The third-order valence-corrected chi connectivity index (χ3v) is 5.13. The summed E-state index contributed by atoms with van der Waals surface area (Å²) >= 11 is 0. The Morgan fingerprint density at radius 3 is 2.87 bits per heavy atom. The standard InChI is InChI=1S/C21H21FN8/c22-16-13-23-7-4-17(16)27-21-19-15(12-25-11-14-9-24-10-14)5-8-30(19)29-20(28-21)18-3-1-2-6-26-18/h1-8,13-14,24-25H,9-12H2,(H,23,27,28,29). The van der Waals surface area contributed by atoms with Gasteiger partial charge in [0.15, 0.2) is 11.6 Å². The molecule has 1 aliphatic heterocycles. The summed E-state index contributed by atoms with van der Waals surface area (Å²) in [5, 5.41) is 14.5. The van der Waals surface area contributed by atoms with Gasteiger partial charge in [0.1, 0.15) is 11.2 Å². The van der Waals surface area contributed by atoms with E-state index in [1.807, 2.05) is 30.5 Å². The maximum absolute atomic E-state index is 14.3. The van der Waals surface area contributed by atoms with Crippen molar-refractivity contribution in [3.05, 3.63) is 66.5 Å². The molecule has 0 aromatic carbocycles. The Balaban J connectivity index is 1.53. The Bertz CT molecular complexity index is 1160. The van der Waals surface area contributed by atoms with Gasteiger partial charge in [0.05, 0.1) is 11.9 Å². The third kappa shape index (κ3) is 3.72. The van der Waals surface area contributed by atoms with Gasteiger partial charge in [-0.3, -0.25) is 9.97 Å². The highest BCUT2D eigenvalue weighted by Gasteiger charge is 2.18. The van der Waals surface area contributed by atoms with Crippen LogP contribution in [0.2, 0.25) is 0 Å². The van der Waals surface area contributed by atoms with Crippen LogP contribution >= 0.6 is 0 Å². The molecule has 0 atom stereocenters. The van der Waals surface area contributed by atoms with E-state index in [0.717, 1.165) is 30.7 Å². The molecule has 0 aliphatic carbocycles. The van der Waals surface area contributed by atoms with Gasteiger partial charge >= 0.3 is 0 Å². The molecule has 3 N–H and O–H groups in total. The molecule has 4 aromatic heterocycles. The number of anilines is 2. The molecule has 9 heteroatoms. The van der Waals surface area contributed by atoms with Crippen molar-refractivity contribution >= 4 is 17.0 Å². The molecule has 1 aliphatic rings. The summed E-state index contributed by atoms with van der Waals surface area (Å²) < 4.78 is 16.0. The first kappa shape index (κ1) is 18.6. The zero-order valence-corrected chi connectivity index (χ0v) is 16.2. The zero-order valence-electron chi connectivity index (χ0n) is 16.2. The molecule has 0 bridgehead atoms. The van der Waals surface area contributed by atoms with Crippen LogP contribution in [0.4, 0.5) is 15.9 Å². The van der Waals surface area contributed by atoms with Gasteiger partial charge in [-0.15, -0.1) is 5.10 Å². The maximum Gasteiger partial charge on any atom is 0.200 e. The number of aromatic nitrogens is 5. The number of hydrogen-bond acceptors (Lipinski definition) is 7. The van der Waals surface area contributed by atoms with Crippen molar-refractivity contribution in [1.82, 2.24) is 35.2 Å². The Hall–Kier alpha value is -3.43. The highest BCUT2D eigenvalue weighted by Crippen LogP contribution is 2.27. The van der Waals surface area contributed by atoms with Crippen molar-refractivity contribution in [3.63, 3.8) is 0 Å². The SMILES string of the molecule is Fc1cnccc1Nc1nc(-c2ccccn2)nn2ccc(CNCC3CNC3)c12. The maximum atomic E-state index is 14.3. The van der Waals surface area contributed by atoms with Gasteiger partial charge in [-0.05, 0) is 35.7 Å². The topological polar surface area (TPSA) is 92.1 Å². The predicted octanol–water partition coefficient (Wildman–Crippen LogP) is 2.38. The Morgan fingerprint density at radius 1 is 1.17 bits per heavy atom. The first-order valence-electron chi connectivity index (χ1n) is 9.85. The van der Waals surface area contributed by atoms with Crippen molar-refractivity contribution < 1.29 is 4.39 Å². The average Bonchev–Trinajstić information content (AvgIpc) is 3.15. The van der Waals surface area contributed by atoms with E-state index in [2.05, 4.69) is 36.0 Å². The molecule has 0 spiro atoms. The van der Waals surface area contributed by atoms with Gasteiger partial charge in [-0.2, -0.15) is 0 Å². The van der Waals surface area contributed by atoms with Gasteiger partial charge in [0.25, 0.3) is 0 Å². The number of nitrogens with one attached hydrogen (secondary N) is 3. The van der Waals surface area contributed by atoms with Crippen LogP contribution in [0.5, 0.6) is 0 Å². The van der Waals surface area contributed by atoms with Crippen LogP contribution < -0.4 is 16.0 Å². The molecule has 4 aromatic rings. The molecule has 5 rings (SSSR count). The van der Waals surface area contributed by atoms with E-state index in [1.165, 1.54) is 12.4 Å². The number of hydrogen-bond donors (Lipinski definition) is 3. The van der Waals surface area contributed by atoms with Crippen LogP contribution in [0.15, 0.2) is 55.1 Å². The van der Waals surface area contributed by atoms with Crippen LogP contribution in [-0.2, 0) is 6.54 Å². The molecule has 5 heterocycles.